The van der Waals surface area contributed by atoms with E-state index in [9.17, 15) is 9.90 Å². The van der Waals surface area contributed by atoms with Gasteiger partial charge in [0.25, 0.3) is 0 Å². The van der Waals surface area contributed by atoms with Gasteiger partial charge in [0.1, 0.15) is 0 Å². The fourth-order valence-electron chi connectivity index (χ4n) is 2.27. The molecule has 0 saturated carbocycles. The molecule has 5 nitrogen and oxygen atoms in total. The van der Waals surface area contributed by atoms with E-state index in [1.54, 1.807) is 29.7 Å². The molecule has 2 aromatic rings. The minimum absolute atomic E-state index is 0.126. The molecule has 0 spiro atoms. The number of nitrogens with zero attached hydrogens (tertiary/aromatic N) is 1. The van der Waals surface area contributed by atoms with Gasteiger partial charge in [0.05, 0.1) is 17.5 Å². The number of hydrogen-bond acceptors (Lipinski definition) is 5. The number of halogens is 1. The number of rotatable bonds is 9. The van der Waals surface area contributed by atoms with Crippen molar-refractivity contribution in [1.82, 2.24) is 10.3 Å². The van der Waals surface area contributed by atoms with Crippen LogP contribution in [0.25, 0.3) is 0 Å². The zero-order valence-electron chi connectivity index (χ0n) is 13.4. The van der Waals surface area contributed by atoms with Crippen LogP contribution in [0.3, 0.4) is 0 Å². The van der Waals surface area contributed by atoms with Crippen LogP contribution in [0, 0.1) is 0 Å². The minimum Gasteiger partial charge on any atom is -0.481 e. The SMILES string of the molecule is CC(Cc1ncc(CCC(=O)O)s1)NC[C@H](O)c1cccc(Cl)c1. The predicted octanol–water partition coefficient (Wildman–Crippen LogP) is 3.07. The van der Waals surface area contributed by atoms with Gasteiger partial charge in [0, 0.05) is 35.1 Å². The largest absolute Gasteiger partial charge is 0.481 e. The molecule has 0 radical (unpaired) electrons. The summed E-state index contributed by atoms with van der Waals surface area (Å²) in [6.45, 7) is 2.46. The van der Waals surface area contributed by atoms with Gasteiger partial charge >= 0.3 is 5.97 Å². The summed E-state index contributed by atoms with van der Waals surface area (Å²) in [5.74, 6) is -0.796. The van der Waals surface area contributed by atoms with E-state index in [0.717, 1.165) is 21.9 Å². The Morgan fingerprint density at radius 2 is 2.25 bits per heavy atom. The standard InChI is InChI=1S/C17H21ClN2O3S/c1-11(7-16-20-9-14(24-16)5-6-17(22)23)19-10-15(21)12-3-2-4-13(18)8-12/h2-4,8-9,11,15,19,21H,5-7,10H2,1H3,(H,22,23)/t11?,15-/m0/s1. The summed E-state index contributed by atoms with van der Waals surface area (Å²) in [7, 11) is 0. The second kappa shape index (κ2) is 9.13. The lowest BCUT2D eigenvalue weighted by atomic mass is 10.1. The molecule has 0 amide bonds. The lowest BCUT2D eigenvalue weighted by Gasteiger charge is -2.16. The second-order valence-electron chi connectivity index (χ2n) is 5.70. The molecule has 1 aromatic carbocycles. The zero-order valence-corrected chi connectivity index (χ0v) is 15.0. The summed E-state index contributed by atoms with van der Waals surface area (Å²) in [6.07, 6.45) is 2.51. The first-order valence-electron chi connectivity index (χ1n) is 7.76. The molecule has 1 heterocycles. The van der Waals surface area contributed by atoms with Crippen LogP contribution in [-0.4, -0.2) is 33.8 Å². The summed E-state index contributed by atoms with van der Waals surface area (Å²) >= 11 is 7.47. The van der Waals surface area contributed by atoms with Gasteiger partial charge in [0.2, 0.25) is 0 Å². The van der Waals surface area contributed by atoms with Crippen LogP contribution in [-0.2, 0) is 17.6 Å². The summed E-state index contributed by atoms with van der Waals surface area (Å²) in [4.78, 5) is 15.9. The highest BCUT2D eigenvalue weighted by Crippen LogP contribution is 2.18. The molecule has 0 aliphatic carbocycles. The summed E-state index contributed by atoms with van der Waals surface area (Å²) in [5, 5.41) is 23.8. The molecule has 1 unspecified atom stereocenters. The normalized spacial score (nSPS) is 13.6. The molecular weight excluding hydrogens is 348 g/mol. The highest BCUT2D eigenvalue weighted by Gasteiger charge is 2.12. The molecule has 7 heteroatoms. The Morgan fingerprint density at radius 3 is 2.96 bits per heavy atom. The van der Waals surface area contributed by atoms with Crippen LogP contribution in [0.5, 0.6) is 0 Å². The van der Waals surface area contributed by atoms with Crippen molar-refractivity contribution in [2.45, 2.75) is 38.3 Å². The van der Waals surface area contributed by atoms with Crippen LogP contribution in [0.2, 0.25) is 5.02 Å². The Hall–Kier alpha value is -1.47. The lowest BCUT2D eigenvalue weighted by Crippen LogP contribution is -2.32. The highest BCUT2D eigenvalue weighted by molar-refractivity contribution is 7.11. The second-order valence-corrected chi connectivity index (χ2v) is 7.33. The summed E-state index contributed by atoms with van der Waals surface area (Å²) in [6, 6.07) is 7.35. The molecule has 24 heavy (non-hydrogen) atoms. The van der Waals surface area contributed by atoms with Gasteiger partial charge in [-0.2, -0.15) is 0 Å². The molecule has 0 aliphatic heterocycles. The lowest BCUT2D eigenvalue weighted by molar-refractivity contribution is -0.136. The molecule has 0 fully saturated rings. The van der Waals surface area contributed by atoms with Crippen LogP contribution in [0.15, 0.2) is 30.5 Å². The Labute approximate surface area is 150 Å². The number of benzene rings is 1. The average molecular weight is 369 g/mol. The maximum absolute atomic E-state index is 10.6. The average Bonchev–Trinajstić information content (AvgIpc) is 2.98. The predicted molar refractivity (Wildman–Crippen MR) is 95.7 cm³/mol. The molecule has 130 valence electrons. The number of aromatic nitrogens is 1. The Kier molecular flexibility index (Phi) is 7.17. The number of carboxylic acid groups (broad SMARTS) is 1. The first-order chi connectivity index (χ1) is 11.4. The van der Waals surface area contributed by atoms with E-state index in [0.29, 0.717) is 18.0 Å². The number of nitrogens with one attached hydrogen (secondary N) is 1. The molecule has 2 atom stereocenters. The van der Waals surface area contributed by atoms with Crippen LogP contribution in [0.1, 0.15) is 34.9 Å². The van der Waals surface area contributed by atoms with E-state index >= 15 is 0 Å². The van der Waals surface area contributed by atoms with Crippen molar-refractivity contribution in [1.29, 1.82) is 0 Å². The van der Waals surface area contributed by atoms with E-state index in [4.69, 9.17) is 16.7 Å². The number of aliphatic carboxylic acids is 1. The number of aliphatic hydroxyl groups is 1. The molecule has 0 saturated heterocycles. The molecule has 0 bridgehead atoms. The van der Waals surface area contributed by atoms with Crippen molar-refractivity contribution in [3.05, 3.63) is 50.9 Å². The van der Waals surface area contributed by atoms with Crippen molar-refractivity contribution < 1.29 is 15.0 Å². The van der Waals surface area contributed by atoms with E-state index in [2.05, 4.69) is 10.3 Å². The van der Waals surface area contributed by atoms with Crippen molar-refractivity contribution >= 4 is 28.9 Å². The fraction of sp³-hybridized carbons (Fsp3) is 0.412. The number of thiazole rings is 1. The van der Waals surface area contributed by atoms with Gasteiger partial charge in [-0.3, -0.25) is 4.79 Å². The third-order valence-corrected chi connectivity index (χ3v) is 4.88. The Balaban J connectivity index is 1.78. The third kappa shape index (κ3) is 6.20. The van der Waals surface area contributed by atoms with Gasteiger partial charge < -0.3 is 15.5 Å². The monoisotopic (exact) mass is 368 g/mol. The fourth-order valence-corrected chi connectivity index (χ4v) is 3.52. The van der Waals surface area contributed by atoms with E-state index in [-0.39, 0.29) is 12.5 Å². The van der Waals surface area contributed by atoms with Gasteiger partial charge in [-0.1, -0.05) is 23.7 Å². The van der Waals surface area contributed by atoms with Crippen LogP contribution in [0.4, 0.5) is 0 Å². The zero-order chi connectivity index (χ0) is 17.5. The summed E-state index contributed by atoms with van der Waals surface area (Å²) < 4.78 is 0. The summed E-state index contributed by atoms with van der Waals surface area (Å²) in [5.41, 5.74) is 0.785. The third-order valence-electron chi connectivity index (χ3n) is 3.56. The van der Waals surface area contributed by atoms with Gasteiger partial charge in [-0.05, 0) is 31.0 Å². The van der Waals surface area contributed by atoms with Crippen molar-refractivity contribution in [3.8, 4) is 0 Å². The molecule has 2 rings (SSSR count). The quantitative estimate of drug-likeness (QED) is 0.633. The number of carboxylic acids is 1. The van der Waals surface area contributed by atoms with Crippen LogP contribution >= 0.6 is 22.9 Å². The first kappa shape index (κ1) is 18.9. The van der Waals surface area contributed by atoms with E-state index in [1.165, 1.54) is 0 Å². The first-order valence-corrected chi connectivity index (χ1v) is 8.95. The number of carbonyl (C=O) groups is 1. The van der Waals surface area contributed by atoms with Gasteiger partial charge in [0.15, 0.2) is 0 Å². The Bertz CT molecular complexity index is 677. The minimum atomic E-state index is -0.796. The highest BCUT2D eigenvalue weighted by atomic mass is 35.5. The van der Waals surface area contributed by atoms with Crippen molar-refractivity contribution in [3.63, 3.8) is 0 Å². The van der Waals surface area contributed by atoms with E-state index < -0.39 is 12.1 Å². The maximum Gasteiger partial charge on any atom is 0.303 e. The van der Waals surface area contributed by atoms with Gasteiger partial charge in [-0.15, -0.1) is 11.3 Å². The maximum atomic E-state index is 10.6. The number of aliphatic hydroxyl groups excluding tert-OH is 1. The number of hydrogen-bond donors (Lipinski definition) is 3. The topological polar surface area (TPSA) is 82.5 Å². The van der Waals surface area contributed by atoms with Crippen LogP contribution < -0.4 is 5.32 Å². The van der Waals surface area contributed by atoms with Crippen molar-refractivity contribution in [2.24, 2.45) is 0 Å². The Morgan fingerprint density at radius 1 is 1.46 bits per heavy atom. The molecule has 0 aliphatic rings. The molecule has 1 aromatic heterocycles. The van der Waals surface area contributed by atoms with Crippen molar-refractivity contribution in [2.75, 3.05) is 6.54 Å². The number of aryl methyl sites for hydroxylation is 1. The van der Waals surface area contributed by atoms with Gasteiger partial charge in [-0.25, -0.2) is 4.98 Å². The van der Waals surface area contributed by atoms with E-state index in [1.807, 2.05) is 19.1 Å². The smallest absolute Gasteiger partial charge is 0.303 e. The molecule has 3 N–H and O–H groups in total. The molecular formula is C17H21ClN2O3S.